The predicted molar refractivity (Wildman–Crippen MR) is 114 cm³/mol. The number of rotatable bonds is 3. The Bertz CT molecular complexity index is 1110. The Morgan fingerprint density at radius 1 is 0.897 bits per heavy atom. The first-order chi connectivity index (χ1) is 12.8. The molecular formula is C24H16Cl3PZr. The van der Waals surface area contributed by atoms with Crippen LogP contribution in [-0.4, -0.2) is 4.62 Å². The van der Waals surface area contributed by atoms with E-state index in [2.05, 4.69) is 97.1 Å². The Hall–Kier alpha value is -0.807. The van der Waals surface area contributed by atoms with E-state index in [9.17, 15) is 0 Å². The molecule has 0 saturated heterocycles. The molecule has 0 aliphatic heterocycles. The summed E-state index contributed by atoms with van der Waals surface area (Å²) in [7, 11) is -0.836. The van der Waals surface area contributed by atoms with Crippen molar-refractivity contribution in [3.63, 3.8) is 0 Å². The predicted octanol–water partition coefficient (Wildman–Crippen LogP) is -0.272. The van der Waals surface area contributed by atoms with E-state index >= 15 is 0 Å². The molecule has 142 valence electrons. The third-order valence-electron chi connectivity index (χ3n) is 4.97. The number of hydrogen-bond acceptors (Lipinski definition) is 0. The number of halogens is 3. The van der Waals surface area contributed by atoms with Crippen LogP contribution in [0.4, 0.5) is 0 Å². The largest absolute Gasteiger partial charge is 4.00 e. The van der Waals surface area contributed by atoms with E-state index in [-0.39, 0.29) is 51.0 Å². The van der Waals surface area contributed by atoms with Gasteiger partial charge >= 0.3 is 26.2 Å². The molecular weight excluding hydrogens is 517 g/mol. The fourth-order valence-electron chi connectivity index (χ4n) is 3.79. The summed E-state index contributed by atoms with van der Waals surface area (Å²) in [5, 5.41) is 5.18. The van der Waals surface area contributed by atoms with E-state index in [0.29, 0.717) is 0 Å². The Labute approximate surface area is 209 Å². The fraction of sp³-hybridized carbons (Fsp3) is 0.0417. The molecule has 2 atom stereocenters. The monoisotopic (exact) mass is 530 g/mol. The fourth-order valence-corrected chi connectivity index (χ4v) is 7.41. The van der Waals surface area contributed by atoms with Gasteiger partial charge in [0.25, 0.3) is 0 Å². The third-order valence-corrected chi connectivity index (χ3v) is 8.54. The minimum Gasteiger partial charge on any atom is -1.00 e. The number of alkyl halides is 1. The van der Waals surface area contributed by atoms with Crippen LogP contribution in [0.1, 0.15) is 0 Å². The molecule has 3 aromatic rings. The van der Waals surface area contributed by atoms with Gasteiger partial charge in [-0.1, -0.05) is 50.4 Å². The summed E-state index contributed by atoms with van der Waals surface area (Å²) in [5.41, 5.74) is 2.25. The molecule has 0 radical (unpaired) electrons. The van der Waals surface area contributed by atoms with E-state index in [1.54, 1.807) is 0 Å². The van der Waals surface area contributed by atoms with E-state index < -0.39 is 12.5 Å². The van der Waals surface area contributed by atoms with Crippen LogP contribution in [0, 0.1) is 6.08 Å². The van der Waals surface area contributed by atoms with Crippen molar-refractivity contribution in [1.29, 1.82) is 0 Å². The summed E-state index contributed by atoms with van der Waals surface area (Å²) in [4.78, 5) is 0. The normalized spacial score (nSPS) is 19.9. The van der Waals surface area contributed by atoms with Gasteiger partial charge in [0, 0.05) is 0 Å². The maximum atomic E-state index is 7.44. The Kier molecular flexibility index (Phi) is 8.44. The SMILES string of the molecule is ClC1(P(c2ccccc2)[c-]2ccc3ccccc32)C=CC=C2[C-]=CC=C21.[Cl-].[Cl-].[Zr+4]. The van der Waals surface area contributed by atoms with Gasteiger partial charge in [-0.05, 0) is 5.30 Å². The molecule has 29 heavy (non-hydrogen) atoms. The van der Waals surface area contributed by atoms with Crippen LogP contribution in [0.3, 0.4) is 0 Å². The van der Waals surface area contributed by atoms with E-state index in [1.807, 2.05) is 6.08 Å². The van der Waals surface area contributed by atoms with E-state index in [4.69, 9.17) is 11.6 Å². The van der Waals surface area contributed by atoms with E-state index in [1.165, 1.54) is 21.4 Å². The third kappa shape index (κ3) is 4.19. The van der Waals surface area contributed by atoms with Gasteiger partial charge in [0.1, 0.15) is 0 Å². The number of hydrogen-bond donors (Lipinski definition) is 0. The zero-order valence-corrected chi connectivity index (χ0v) is 20.9. The molecule has 0 spiro atoms. The van der Waals surface area contributed by atoms with Crippen molar-refractivity contribution in [2.24, 2.45) is 0 Å². The van der Waals surface area contributed by atoms with Crippen LogP contribution in [0.25, 0.3) is 10.8 Å². The molecule has 5 heteroatoms. The number of allylic oxidation sites excluding steroid dienone is 8. The van der Waals surface area contributed by atoms with Gasteiger partial charge in [-0.25, -0.2) is 0 Å². The Balaban J connectivity index is 0.000001000. The van der Waals surface area contributed by atoms with Crippen molar-refractivity contribution in [2.75, 3.05) is 0 Å². The second kappa shape index (κ2) is 10.0. The van der Waals surface area contributed by atoms with Gasteiger partial charge in [0.2, 0.25) is 0 Å². The van der Waals surface area contributed by atoms with Crippen LogP contribution in [0.2, 0.25) is 0 Å². The van der Waals surface area contributed by atoms with Gasteiger partial charge in [-0.3, -0.25) is 0 Å². The minimum atomic E-state index is -0.836. The van der Waals surface area contributed by atoms with Crippen LogP contribution in [0.15, 0.2) is 108 Å². The first kappa shape index (κ1) is 24.5. The minimum absolute atomic E-state index is 0. The zero-order chi connectivity index (χ0) is 17.6. The van der Waals surface area contributed by atoms with Gasteiger partial charge < -0.3 is 24.8 Å². The van der Waals surface area contributed by atoms with Crippen molar-refractivity contribution in [1.82, 2.24) is 0 Å². The standard InChI is InChI=1S/C24H16ClP.2ClH.Zr/c25-24(17-7-10-19-9-6-14-22(19)24)26(20-11-2-1-3-12-20)23-16-15-18-8-4-5-13-21(18)23;;;/h1-8,10-17H;2*1H;/q-2;;;+4/p-2. The molecule has 0 nitrogen and oxygen atoms in total. The first-order valence-electron chi connectivity index (χ1n) is 8.66. The molecule has 5 rings (SSSR count). The second-order valence-electron chi connectivity index (χ2n) is 6.48. The summed E-state index contributed by atoms with van der Waals surface area (Å²) in [6.07, 6.45) is 13.7. The summed E-state index contributed by atoms with van der Waals surface area (Å²) >= 11 is 7.44. The van der Waals surface area contributed by atoms with Crippen LogP contribution >= 0.6 is 19.5 Å². The second-order valence-corrected chi connectivity index (χ2v) is 9.72. The summed E-state index contributed by atoms with van der Waals surface area (Å²) in [6, 6.07) is 23.7. The Morgan fingerprint density at radius 2 is 1.62 bits per heavy atom. The van der Waals surface area contributed by atoms with E-state index in [0.717, 1.165) is 11.1 Å². The van der Waals surface area contributed by atoms with Gasteiger partial charge in [-0.15, -0.1) is 75.7 Å². The molecule has 2 aliphatic carbocycles. The summed E-state index contributed by atoms with van der Waals surface area (Å²) in [6.45, 7) is 0. The molecule has 0 saturated carbocycles. The van der Waals surface area contributed by atoms with Gasteiger partial charge in [0.05, 0.1) is 4.62 Å². The number of benzene rings is 2. The Morgan fingerprint density at radius 3 is 2.41 bits per heavy atom. The maximum Gasteiger partial charge on any atom is 4.00 e. The van der Waals surface area contributed by atoms with Crippen molar-refractivity contribution in [3.8, 4) is 0 Å². The molecule has 3 aromatic carbocycles. The molecule has 0 aromatic heterocycles. The number of fused-ring (bicyclic) bond motifs is 2. The summed E-state index contributed by atoms with van der Waals surface area (Å²) < 4.78 is -0.572. The van der Waals surface area contributed by atoms with Crippen molar-refractivity contribution in [3.05, 3.63) is 114 Å². The topological polar surface area (TPSA) is 0 Å². The molecule has 2 aliphatic rings. The van der Waals surface area contributed by atoms with Gasteiger partial charge in [-0.2, -0.15) is 23.8 Å². The maximum absolute atomic E-state index is 7.44. The van der Waals surface area contributed by atoms with Crippen LogP contribution in [0.5, 0.6) is 0 Å². The first-order valence-corrected chi connectivity index (χ1v) is 10.4. The molecule has 0 N–H and O–H groups in total. The zero-order valence-electron chi connectivity index (χ0n) is 15.3. The quantitative estimate of drug-likeness (QED) is 0.248. The molecule has 2 unspecified atom stereocenters. The molecule has 0 bridgehead atoms. The van der Waals surface area contributed by atoms with Crippen molar-refractivity contribution >= 4 is 40.9 Å². The van der Waals surface area contributed by atoms with Crippen LogP contribution in [-0.2, 0) is 26.2 Å². The van der Waals surface area contributed by atoms with Gasteiger partial charge in [0.15, 0.2) is 0 Å². The molecule has 0 fully saturated rings. The van der Waals surface area contributed by atoms with Crippen molar-refractivity contribution in [2.45, 2.75) is 4.62 Å². The van der Waals surface area contributed by atoms with Crippen molar-refractivity contribution < 1.29 is 51.0 Å². The average molecular weight is 533 g/mol. The smallest absolute Gasteiger partial charge is 1.00 e. The average Bonchev–Trinajstić information content (AvgIpc) is 3.31. The van der Waals surface area contributed by atoms with Crippen LogP contribution < -0.4 is 35.4 Å². The summed E-state index contributed by atoms with van der Waals surface area (Å²) in [5.74, 6) is 0. The molecule has 0 amide bonds. The molecule has 0 heterocycles.